The number of rotatable bonds is 2. The van der Waals surface area contributed by atoms with Crippen LogP contribution in [0, 0.1) is 13.8 Å². The summed E-state index contributed by atoms with van der Waals surface area (Å²) in [5, 5.41) is 0. The number of hydrogen-bond donors (Lipinski definition) is 0. The first-order valence-electron chi connectivity index (χ1n) is 9.17. The van der Waals surface area contributed by atoms with E-state index in [1.165, 1.54) is 39.6 Å². The largest absolute Gasteiger partial charge is 0.333 e. The Hall–Kier alpha value is -2.81. The monoisotopic (exact) mass is 344 g/mol. The number of aryl methyl sites for hydroxylation is 2. The van der Waals surface area contributed by atoms with Crippen molar-refractivity contribution in [1.29, 1.82) is 0 Å². The third-order valence-corrected chi connectivity index (χ3v) is 5.58. The SMILES string of the molecule is Cc1ccc(C)c(-c2cccc(N3c4ccccc4N(C)[C@H]3C)[n+]2C)c1. The molecule has 0 bridgehead atoms. The number of para-hydroxylation sites is 2. The molecule has 0 saturated carbocycles. The number of pyridine rings is 1. The number of aromatic nitrogens is 1. The molecule has 132 valence electrons. The first-order valence-corrected chi connectivity index (χ1v) is 9.17. The van der Waals surface area contributed by atoms with Crippen LogP contribution in [-0.4, -0.2) is 13.2 Å². The lowest BCUT2D eigenvalue weighted by Crippen LogP contribution is -2.44. The highest BCUT2D eigenvalue weighted by molar-refractivity contribution is 5.81. The Morgan fingerprint density at radius 1 is 0.885 bits per heavy atom. The van der Waals surface area contributed by atoms with E-state index in [0.29, 0.717) is 0 Å². The molecule has 26 heavy (non-hydrogen) atoms. The van der Waals surface area contributed by atoms with Crippen molar-refractivity contribution < 1.29 is 4.57 Å². The maximum atomic E-state index is 2.42. The van der Waals surface area contributed by atoms with Crippen molar-refractivity contribution in [2.24, 2.45) is 7.05 Å². The predicted octanol–water partition coefficient (Wildman–Crippen LogP) is 4.73. The zero-order valence-electron chi connectivity index (χ0n) is 16.2. The number of hydrogen-bond acceptors (Lipinski definition) is 2. The van der Waals surface area contributed by atoms with Crippen molar-refractivity contribution in [3.63, 3.8) is 0 Å². The van der Waals surface area contributed by atoms with Gasteiger partial charge in [-0.3, -0.25) is 0 Å². The Labute approximate surface area is 156 Å². The molecule has 3 aromatic rings. The molecule has 0 amide bonds. The molecule has 2 aromatic carbocycles. The predicted molar refractivity (Wildman–Crippen MR) is 109 cm³/mol. The molecule has 0 N–H and O–H groups in total. The molecular weight excluding hydrogens is 318 g/mol. The smallest absolute Gasteiger partial charge is 0.283 e. The van der Waals surface area contributed by atoms with Crippen LogP contribution in [0.3, 0.4) is 0 Å². The van der Waals surface area contributed by atoms with Crippen molar-refractivity contribution in [3.8, 4) is 11.3 Å². The molecule has 2 heterocycles. The standard InChI is InChI=1S/C23H26N3/c1-16-13-14-17(2)19(15-16)20-11-8-12-23(25(20)5)26-18(3)24(4)21-9-6-7-10-22(21)26/h6-15,18H,1-5H3/q+1/t18-/m1/s1. The first kappa shape index (κ1) is 16.6. The molecule has 0 unspecified atom stereocenters. The van der Waals surface area contributed by atoms with Gasteiger partial charge in [-0.2, -0.15) is 0 Å². The topological polar surface area (TPSA) is 10.4 Å². The third-order valence-electron chi connectivity index (χ3n) is 5.58. The van der Waals surface area contributed by atoms with Gasteiger partial charge in [-0.25, -0.2) is 9.47 Å². The van der Waals surface area contributed by atoms with Gasteiger partial charge < -0.3 is 4.90 Å². The Balaban J connectivity index is 1.89. The Morgan fingerprint density at radius 3 is 2.38 bits per heavy atom. The van der Waals surface area contributed by atoms with Gasteiger partial charge in [0, 0.05) is 18.7 Å². The molecule has 0 radical (unpaired) electrons. The van der Waals surface area contributed by atoms with Gasteiger partial charge >= 0.3 is 0 Å². The van der Waals surface area contributed by atoms with Crippen LogP contribution in [0.4, 0.5) is 17.2 Å². The molecule has 0 fully saturated rings. The number of benzene rings is 2. The molecule has 3 heteroatoms. The fourth-order valence-electron chi connectivity index (χ4n) is 3.95. The summed E-state index contributed by atoms with van der Waals surface area (Å²) in [6.45, 7) is 6.59. The van der Waals surface area contributed by atoms with E-state index in [1.807, 2.05) is 0 Å². The summed E-state index contributed by atoms with van der Waals surface area (Å²) >= 11 is 0. The minimum absolute atomic E-state index is 0.271. The summed E-state index contributed by atoms with van der Waals surface area (Å²) in [6, 6.07) is 21.9. The summed E-state index contributed by atoms with van der Waals surface area (Å²) in [7, 11) is 4.33. The molecule has 0 spiro atoms. The maximum Gasteiger partial charge on any atom is 0.283 e. The molecular formula is C23H26N3+. The number of anilines is 3. The van der Waals surface area contributed by atoms with Crippen molar-refractivity contribution in [2.45, 2.75) is 26.9 Å². The van der Waals surface area contributed by atoms with E-state index in [9.17, 15) is 0 Å². The van der Waals surface area contributed by atoms with E-state index < -0.39 is 0 Å². The van der Waals surface area contributed by atoms with Crippen LogP contribution in [-0.2, 0) is 7.05 Å². The van der Waals surface area contributed by atoms with Crippen molar-refractivity contribution >= 4 is 17.2 Å². The summed E-state index contributed by atoms with van der Waals surface area (Å²) in [4.78, 5) is 4.75. The minimum atomic E-state index is 0.271. The fourth-order valence-corrected chi connectivity index (χ4v) is 3.95. The van der Waals surface area contributed by atoms with E-state index in [-0.39, 0.29) is 6.17 Å². The summed E-state index contributed by atoms with van der Waals surface area (Å²) in [6.07, 6.45) is 0.271. The van der Waals surface area contributed by atoms with E-state index in [2.05, 4.69) is 110 Å². The lowest BCUT2D eigenvalue weighted by molar-refractivity contribution is -0.647. The second kappa shape index (κ2) is 6.17. The van der Waals surface area contributed by atoms with Crippen molar-refractivity contribution in [2.75, 3.05) is 16.8 Å². The molecule has 1 atom stereocenters. The van der Waals surface area contributed by atoms with Gasteiger partial charge in [0.25, 0.3) is 5.82 Å². The minimum Gasteiger partial charge on any atom is -0.333 e. The Kier molecular flexibility index (Phi) is 3.95. The molecule has 1 aliphatic rings. The molecule has 3 nitrogen and oxygen atoms in total. The summed E-state index contributed by atoms with van der Waals surface area (Å²) < 4.78 is 2.31. The number of fused-ring (bicyclic) bond motifs is 1. The average molecular weight is 344 g/mol. The highest BCUT2D eigenvalue weighted by Gasteiger charge is 2.39. The van der Waals surface area contributed by atoms with Gasteiger partial charge in [0.15, 0.2) is 11.9 Å². The van der Waals surface area contributed by atoms with Crippen molar-refractivity contribution in [3.05, 3.63) is 71.8 Å². The Bertz CT molecular complexity index is 977. The van der Waals surface area contributed by atoms with Crippen LogP contribution in [0.15, 0.2) is 60.7 Å². The molecule has 4 rings (SSSR count). The van der Waals surface area contributed by atoms with Crippen LogP contribution in [0.5, 0.6) is 0 Å². The summed E-state index contributed by atoms with van der Waals surface area (Å²) in [5.41, 5.74) is 7.66. The van der Waals surface area contributed by atoms with Gasteiger partial charge in [0.05, 0.1) is 12.7 Å². The van der Waals surface area contributed by atoms with Crippen molar-refractivity contribution in [1.82, 2.24) is 0 Å². The second-order valence-corrected chi connectivity index (χ2v) is 7.25. The van der Waals surface area contributed by atoms with E-state index in [4.69, 9.17) is 0 Å². The van der Waals surface area contributed by atoms with E-state index >= 15 is 0 Å². The highest BCUT2D eigenvalue weighted by atomic mass is 15.4. The molecule has 1 aliphatic heterocycles. The van der Waals surface area contributed by atoms with Crippen LogP contribution in [0.2, 0.25) is 0 Å². The molecule has 0 aliphatic carbocycles. The van der Waals surface area contributed by atoms with Gasteiger partial charge in [-0.05, 0) is 56.7 Å². The average Bonchev–Trinajstić information content (AvgIpc) is 2.89. The number of nitrogens with zero attached hydrogens (tertiary/aromatic N) is 3. The third kappa shape index (κ3) is 2.47. The highest BCUT2D eigenvalue weighted by Crippen LogP contribution is 2.42. The van der Waals surface area contributed by atoms with Crippen LogP contribution in [0.25, 0.3) is 11.3 Å². The summed E-state index contributed by atoms with van der Waals surface area (Å²) in [5.74, 6) is 1.20. The zero-order valence-corrected chi connectivity index (χ0v) is 16.2. The first-order chi connectivity index (χ1) is 12.5. The van der Waals surface area contributed by atoms with Crippen LogP contribution < -0.4 is 14.4 Å². The fraction of sp³-hybridized carbons (Fsp3) is 0.261. The normalized spacial score (nSPS) is 16.1. The van der Waals surface area contributed by atoms with E-state index in [0.717, 1.165) is 0 Å². The van der Waals surface area contributed by atoms with Gasteiger partial charge in [0.2, 0.25) is 0 Å². The quantitative estimate of drug-likeness (QED) is 0.622. The lowest BCUT2D eigenvalue weighted by Gasteiger charge is -2.22. The van der Waals surface area contributed by atoms with Crippen LogP contribution in [0.1, 0.15) is 18.1 Å². The van der Waals surface area contributed by atoms with Gasteiger partial charge in [0.1, 0.15) is 5.69 Å². The van der Waals surface area contributed by atoms with Gasteiger partial charge in [-0.1, -0.05) is 29.8 Å². The zero-order chi connectivity index (χ0) is 18.4. The maximum absolute atomic E-state index is 2.42. The Morgan fingerprint density at radius 2 is 1.62 bits per heavy atom. The second-order valence-electron chi connectivity index (χ2n) is 7.25. The lowest BCUT2D eigenvalue weighted by atomic mass is 10.0. The van der Waals surface area contributed by atoms with Gasteiger partial charge in [-0.15, -0.1) is 0 Å². The molecule has 1 aromatic heterocycles. The molecule has 0 saturated heterocycles. The van der Waals surface area contributed by atoms with Crippen LogP contribution >= 0.6 is 0 Å². The van der Waals surface area contributed by atoms with E-state index in [1.54, 1.807) is 0 Å².